The van der Waals surface area contributed by atoms with Gasteiger partial charge in [0.15, 0.2) is 0 Å². The molecule has 1 atom stereocenters. The summed E-state index contributed by atoms with van der Waals surface area (Å²) in [6, 6.07) is 8.11. The Morgan fingerprint density at radius 1 is 1.33 bits per heavy atom. The molecule has 128 valence electrons. The predicted molar refractivity (Wildman–Crippen MR) is 96.9 cm³/mol. The number of carbonyl (C=O) groups is 1. The number of ether oxygens (including phenoxy) is 1. The van der Waals surface area contributed by atoms with Crippen molar-refractivity contribution in [1.82, 2.24) is 14.9 Å². The van der Waals surface area contributed by atoms with Crippen molar-refractivity contribution < 1.29 is 9.53 Å². The summed E-state index contributed by atoms with van der Waals surface area (Å²) in [4.78, 5) is 21.8. The Kier molecular flexibility index (Phi) is 4.67. The average molecular weight is 392 g/mol. The first-order valence-electron chi connectivity index (χ1n) is 8.10. The van der Waals surface area contributed by atoms with Crippen LogP contribution < -0.4 is 0 Å². The van der Waals surface area contributed by atoms with Gasteiger partial charge in [-0.3, -0.25) is 0 Å². The maximum atomic E-state index is 12.2. The molecule has 0 bridgehead atoms. The number of rotatable bonds is 2. The molecule has 1 saturated heterocycles. The van der Waals surface area contributed by atoms with Crippen molar-refractivity contribution in [1.29, 1.82) is 0 Å². The van der Waals surface area contributed by atoms with Crippen LogP contribution in [0.25, 0.3) is 11.3 Å². The van der Waals surface area contributed by atoms with Gasteiger partial charge in [-0.15, -0.1) is 0 Å². The number of aromatic nitrogens is 2. The number of hydrogen-bond acceptors (Lipinski definition) is 3. The molecular weight excluding hydrogens is 370 g/mol. The average Bonchev–Trinajstić information content (AvgIpc) is 3.15. The molecule has 1 aliphatic rings. The topological polar surface area (TPSA) is 58.2 Å². The molecular formula is C18H22BrN3O2. The standard InChI is InChI=1S/C18H22BrN3O2/c1-18(2,3)24-17(23)22-9-8-13(11-22)16-20-10-15(21-16)12-4-6-14(19)7-5-12/h4-7,10,13H,8-9,11H2,1-3H3,(H,20,21)/t13-/m1/s1. The number of aromatic amines is 1. The van der Waals surface area contributed by atoms with Crippen molar-refractivity contribution in [2.45, 2.75) is 38.7 Å². The van der Waals surface area contributed by atoms with Crippen LogP contribution in [0.4, 0.5) is 4.79 Å². The number of amides is 1. The Bertz CT molecular complexity index is 719. The van der Waals surface area contributed by atoms with Gasteiger partial charge in [-0.1, -0.05) is 28.1 Å². The van der Waals surface area contributed by atoms with Gasteiger partial charge in [0.05, 0.1) is 11.9 Å². The molecule has 1 amide bonds. The molecule has 3 rings (SSSR count). The summed E-state index contributed by atoms with van der Waals surface area (Å²) in [6.45, 7) is 7.00. The molecule has 24 heavy (non-hydrogen) atoms. The van der Waals surface area contributed by atoms with Crippen LogP contribution >= 0.6 is 15.9 Å². The molecule has 1 aliphatic heterocycles. The Balaban J connectivity index is 1.66. The highest BCUT2D eigenvalue weighted by atomic mass is 79.9. The van der Waals surface area contributed by atoms with Gasteiger partial charge >= 0.3 is 6.09 Å². The minimum Gasteiger partial charge on any atom is -0.444 e. The fraction of sp³-hybridized carbons (Fsp3) is 0.444. The number of nitrogens with one attached hydrogen (secondary N) is 1. The lowest BCUT2D eigenvalue weighted by molar-refractivity contribution is 0.0292. The van der Waals surface area contributed by atoms with E-state index < -0.39 is 5.60 Å². The first-order valence-corrected chi connectivity index (χ1v) is 8.90. The van der Waals surface area contributed by atoms with Gasteiger partial charge in [-0.05, 0) is 44.9 Å². The molecule has 1 aromatic heterocycles. The third-order valence-electron chi connectivity index (χ3n) is 3.98. The molecule has 6 heteroatoms. The monoisotopic (exact) mass is 391 g/mol. The first kappa shape index (κ1) is 17.0. The molecule has 0 radical (unpaired) electrons. The van der Waals surface area contributed by atoms with E-state index in [-0.39, 0.29) is 12.0 Å². The highest BCUT2D eigenvalue weighted by molar-refractivity contribution is 9.10. The molecule has 1 N–H and O–H groups in total. The lowest BCUT2D eigenvalue weighted by atomic mass is 10.1. The lowest BCUT2D eigenvalue weighted by Gasteiger charge is -2.24. The van der Waals surface area contributed by atoms with Crippen LogP contribution in [0, 0.1) is 0 Å². The third kappa shape index (κ3) is 3.98. The zero-order chi connectivity index (χ0) is 17.3. The number of H-pyrrole nitrogens is 1. The molecule has 0 spiro atoms. The molecule has 0 unspecified atom stereocenters. The van der Waals surface area contributed by atoms with Crippen LogP contribution in [0.2, 0.25) is 0 Å². The van der Waals surface area contributed by atoms with Crippen LogP contribution in [0.5, 0.6) is 0 Å². The zero-order valence-electron chi connectivity index (χ0n) is 14.2. The molecule has 1 fully saturated rings. The number of benzene rings is 1. The van der Waals surface area contributed by atoms with Crippen LogP contribution in [0.15, 0.2) is 34.9 Å². The van der Waals surface area contributed by atoms with E-state index in [2.05, 4.69) is 25.9 Å². The van der Waals surface area contributed by atoms with E-state index in [4.69, 9.17) is 4.74 Å². The summed E-state index contributed by atoms with van der Waals surface area (Å²) >= 11 is 3.44. The van der Waals surface area contributed by atoms with Crippen molar-refractivity contribution in [3.05, 3.63) is 40.8 Å². The van der Waals surface area contributed by atoms with E-state index in [9.17, 15) is 4.79 Å². The highest BCUT2D eigenvalue weighted by Crippen LogP contribution is 2.28. The largest absolute Gasteiger partial charge is 0.444 e. The molecule has 1 aromatic carbocycles. The minimum absolute atomic E-state index is 0.224. The van der Waals surface area contributed by atoms with Gasteiger partial charge in [-0.25, -0.2) is 9.78 Å². The Labute approximate surface area is 150 Å². The summed E-state index contributed by atoms with van der Waals surface area (Å²) < 4.78 is 6.49. The van der Waals surface area contributed by atoms with E-state index in [1.165, 1.54) is 0 Å². The van der Waals surface area contributed by atoms with Crippen LogP contribution in [0.1, 0.15) is 38.9 Å². The fourth-order valence-corrected chi connectivity index (χ4v) is 3.06. The van der Waals surface area contributed by atoms with Gasteiger partial charge in [-0.2, -0.15) is 0 Å². The van der Waals surface area contributed by atoms with Gasteiger partial charge in [0.25, 0.3) is 0 Å². The highest BCUT2D eigenvalue weighted by Gasteiger charge is 2.31. The molecule has 0 saturated carbocycles. The maximum Gasteiger partial charge on any atom is 0.410 e. The number of nitrogens with zero attached hydrogens (tertiary/aromatic N) is 2. The number of hydrogen-bond donors (Lipinski definition) is 1. The van der Waals surface area contributed by atoms with Crippen molar-refractivity contribution in [3.8, 4) is 11.3 Å². The predicted octanol–water partition coefficient (Wildman–Crippen LogP) is 4.56. The second kappa shape index (κ2) is 6.59. The minimum atomic E-state index is -0.464. The Morgan fingerprint density at radius 3 is 2.71 bits per heavy atom. The Morgan fingerprint density at radius 2 is 2.04 bits per heavy atom. The SMILES string of the molecule is CC(C)(C)OC(=O)N1CC[C@@H](c2ncc(-c3ccc(Br)cc3)[nH]2)C1. The smallest absolute Gasteiger partial charge is 0.410 e. The van der Waals surface area contributed by atoms with Gasteiger partial charge in [0, 0.05) is 23.5 Å². The van der Waals surface area contributed by atoms with Crippen LogP contribution in [-0.4, -0.2) is 39.7 Å². The second-order valence-electron chi connectivity index (χ2n) is 7.10. The fourth-order valence-electron chi connectivity index (χ4n) is 2.80. The van der Waals surface area contributed by atoms with E-state index in [0.29, 0.717) is 13.1 Å². The van der Waals surface area contributed by atoms with E-state index in [1.54, 1.807) is 4.90 Å². The van der Waals surface area contributed by atoms with Gasteiger partial charge in [0.1, 0.15) is 11.4 Å². The number of likely N-dealkylation sites (tertiary alicyclic amines) is 1. The van der Waals surface area contributed by atoms with Crippen molar-refractivity contribution >= 4 is 22.0 Å². The third-order valence-corrected chi connectivity index (χ3v) is 4.51. The number of imidazole rings is 1. The summed E-state index contributed by atoms with van der Waals surface area (Å²) in [7, 11) is 0. The van der Waals surface area contributed by atoms with Gasteiger partial charge < -0.3 is 14.6 Å². The molecule has 5 nitrogen and oxygen atoms in total. The van der Waals surface area contributed by atoms with Crippen molar-refractivity contribution in [2.75, 3.05) is 13.1 Å². The molecule has 0 aliphatic carbocycles. The summed E-state index contributed by atoms with van der Waals surface area (Å²) in [5.74, 6) is 1.15. The van der Waals surface area contributed by atoms with E-state index >= 15 is 0 Å². The number of halogens is 1. The zero-order valence-corrected chi connectivity index (χ0v) is 15.8. The first-order chi connectivity index (χ1) is 11.3. The van der Waals surface area contributed by atoms with Crippen molar-refractivity contribution in [2.24, 2.45) is 0 Å². The number of carbonyl (C=O) groups excluding carboxylic acids is 1. The van der Waals surface area contributed by atoms with Crippen LogP contribution in [-0.2, 0) is 4.74 Å². The summed E-state index contributed by atoms with van der Waals surface area (Å²) in [5, 5.41) is 0. The lowest BCUT2D eigenvalue weighted by Crippen LogP contribution is -2.35. The van der Waals surface area contributed by atoms with E-state index in [0.717, 1.165) is 28.0 Å². The maximum absolute atomic E-state index is 12.2. The van der Waals surface area contributed by atoms with Crippen LogP contribution in [0.3, 0.4) is 0 Å². The molecule has 2 heterocycles. The summed E-state index contributed by atoms with van der Waals surface area (Å²) in [6.07, 6.45) is 2.51. The quantitative estimate of drug-likeness (QED) is 0.815. The van der Waals surface area contributed by atoms with E-state index in [1.807, 2.05) is 51.2 Å². The van der Waals surface area contributed by atoms with Crippen molar-refractivity contribution in [3.63, 3.8) is 0 Å². The second-order valence-corrected chi connectivity index (χ2v) is 8.02. The Hall–Kier alpha value is -1.82. The normalized spacial score (nSPS) is 18.0. The molecule has 2 aromatic rings. The summed E-state index contributed by atoms with van der Waals surface area (Å²) in [5.41, 5.74) is 1.63. The van der Waals surface area contributed by atoms with Gasteiger partial charge in [0.2, 0.25) is 0 Å².